The van der Waals surface area contributed by atoms with E-state index in [1.54, 1.807) is 13.8 Å². The Labute approximate surface area is 170 Å². The molecule has 1 aliphatic heterocycles. The number of ether oxygens (including phenoxy) is 2. The molecule has 0 aromatic heterocycles. The molecule has 1 rings (SSSR count). The van der Waals surface area contributed by atoms with Crippen molar-refractivity contribution in [3.05, 3.63) is 0 Å². The van der Waals surface area contributed by atoms with Gasteiger partial charge in [0.15, 0.2) is 14.1 Å². The first kappa shape index (κ1) is 26.0. The molecule has 0 aromatic carbocycles. The molecule has 0 spiro atoms. The normalized spacial score (nSPS) is 25.0. The van der Waals surface area contributed by atoms with E-state index in [1.807, 2.05) is 13.1 Å². The first-order valence-electron chi connectivity index (χ1n) is 8.95. The van der Waals surface area contributed by atoms with Crippen molar-refractivity contribution in [2.45, 2.75) is 76.8 Å². The average molecular weight is 463 g/mol. The molecule has 0 N–H and O–H groups in total. The Kier molecular flexibility index (Phi) is 7.95. The summed E-state index contributed by atoms with van der Waals surface area (Å²) in [6, 6.07) is 0. The van der Waals surface area contributed by atoms with Crippen LogP contribution in [0.15, 0.2) is 0 Å². The summed E-state index contributed by atoms with van der Waals surface area (Å²) in [6.45, 7) is 13.2. The van der Waals surface area contributed by atoms with Gasteiger partial charge in [-0.25, -0.2) is 0 Å². The van der Waals surface area contributed by atoms with E-state index in [0.29, 0.717) is 0 Å². The summed E-state index contributed by atoms with van der Waals surface area (Å²) in [6.07, 6.45) is -0.890. The first-order chi connectivity index (χ1) is 12.2. The Morgan fingerprint density at radius 2 is 1.57 bits per heavy atom. The van der Waals surface area contributed by atoms with Gasteiger partial charge in [0.2, 0.25) is 0 Å². The predicted molar refractivity (Wildman–Crippen MR) is 107 cm³/mol. The lowest BCUT2D eigenvalue weighted by molar-refractivity contribution is -0.156. The summed E-state index contributed by atoms with van der Waals surface area (Å²) in [7, 11) is -9.73. The molecule has 0 unspecified atom stereocenters. The molecule has 1 saturated heterocycles. The van der Waals surface area contributed by atoms with Gasteiger partial charge in [-0.05, 0) is 32.0 Å². The highest BCUT2D eigenvalue weighted by Crippen LogP contribution is 2.38. The van der Waals surface area contributed by atoms with Crippen molar-refractivity contribution in [2.24, 2.45) is 0 Å². The fourth-order valence-electron chi connectivity index (χ4n) is 2.41. The minimum absolute atomic E-state index is 0.0386. The molecule has 0 saturated carbocycles. The topological polar surface area (TPSA) is 114 Å². The second-order valence-corrected chi connectivity index (χ2v) is 17.1. The van der Waals surface area contributed by atoms with Crippen LogP contribution in [0.5, 0.6) is 0 Å². The molecule has 0 aliphatic carbocycles. The highest BCUT2D eigenvalue weighted by molar-refractivity contribution is 7.86. The average Bonchev–Trinajstić information content (AvgIpc) is 2.73. The highest BCUT2D eigenvalue weighted by atomic mass is 32.2. The molecule has 9 nitrogen and oxygen atoms in total. The minimum atomic E-state index is -3.83. The van der Waals surface area contributed by atoms with Crippen molar-refractivity contribution in [1.82, 2.24) is 0 Å². The second kappa shape index (κ2) is 8.58. The van der Waals surface area contributed by atoms with E-state index in [2.05, 4.69) is 20.8 Å². The van der Waals surface area contributed by atoms with Gasteiger partial charge in [-0.15, -0.1) is 0 Å². The van der Waals surface area contributed by atoms with Crippen LogP contribution in [0.3, 0.4) is 0 Å². The van der Waals surface area contributed by atoms with E-state index in [9.17, 15) is 16.8 Å². The lowest BCUT2D eigenvalue weighted by Crippen LogP contribution is -2.48. The highest BCUT2D eigenvalue weighted by Gasteiger charge is 2.48. The van der Waals surface area contributed by atoms with Gasteiger partial charge in [0.1, 0.15) is 18.3 Å². The van der Waals surface area contributed by atoms with Gasteiger partial charge in [0.25, 0.3) is 20.2 Å². The van der Waals surface area contributed by atoms with Gasteiger partial charge < -0.3 is 13.9 Å². The summed E-state index contributed by atoms with van der Waals surface area (Å²) >= 11 is 0. The molecule has 1 aliphatic rings. The van der Waals surface area contributed by atoms with Gasteiger partial charge in [0.05, 0.1) is 25.7 Å². The Balaban J connectivity index is 3.08. The minimum Gasteiger partial charge on any atom is -0.414 e. The van der Waals surface area contributed by atoms with Crippen molar-refractivity contribution < 1.29 is 39.1 Å². The maximum atomic E-state index is 11.8. The zero-order valence-electron chi connectivity index (χ0n) is 18.1. The molecular formula is C16H34O9S2Si. The third kappa shape index (κ3) is 8.34. The van der Waals surface area contributed by atoms with Crippen LogP contribution in [0, 0.1) is 0 Å². The Morgan fingerprint density at radius 3 is 2.00 bits per heavy atom. The van der Waals surface area contributed by atoms with Gasteiger partial charge >= 0.3 is 0 Å². The van der Waals surface area contributed by atoms with Crippen LogP contribution in [0.4, 0.5) is 0 Å². The summed E-state index contributed by atoms with van der Waals surface area (Å²) in [5, 5.41) is -0.0895. The maximum absolute atomic E-state index is 11.8. The van der Waals surface area contributed by atoms with Gasteiger partial charge in [0, 0.05) is 0 Å². The summed E-state index contributed by atoms with van der Waals surface area (Å²) in [5.41, 5.74) is 0. The summed E-state index contributed by atoms with van der Waals surface area (Å²) < 4.78 is 74.1. The fraction of sp³-hybridized carbons (Fsp3) is 1.00. The smallest absolute Gasteiger partial charge is 0.264 e. The Bertz CT molecular complexity index is 739. The number of rotatable bonds is 9. The molecule has 28 heavy (non-hydrogen) atoms. The van der Waals surface area contributed by atoms with E-state index >= 15 is 0 Å². The Morgan fingerprint density at radius 1 is 1.04 bits per heavy atom. The molecule has 12 heteroatoms. The molecule has 1 heterocycles. The summed E-state index contributed by atoms with van der Waals surface area (Å²) in [4.78, 5) is 0. The van der Waals surface area contributed by atoms with Crippen LogP contribution in [-0.4, -0.2) is 75.0 Å². The van der Waals surface area contributed by atoms with E-state index < -0.39 is 52.7 Å². The van der Waals surface area contributed by atoms with Crippen LogP contribution in [0.25, 0.3) is 0 Å². The third-order valence-corrected chi connectivity index (χ3v) is 10.4. The number of hydrogen-bond donors (Lipinski definition) is 0. The Hall–Kier alpha value is -0.0831. The van der Waals surface area contributed by atoms with Gasteiger partial charge in [-0.2, -0.15) is 16.8 Å². The largest absolute Gasteiger partial charge is 0.414 e. The number of hydrogen-bond acceptors (Lipinski definition) is 9. The molecule has 0 aromatic rings. The van der Waals surface area contributed by atoms with E-state index in [0.717, 1.165) is 12.5 Å². The standard InChI is InChI=1S/C16H34O9S2Si/c1-15(2,3)28(8,9)22-11-13(25-27(7,19)20)14-12(10-21-26(6,17)18)23-16(4,5)24-14/h12-14H,10-11H2,1-9H3/t12-,13+,14-/m1/s1. The van der Waals surface area contributed by atoms with Crippen LogP contribution in [0.2, 0.25) is 18.1 Å². The van der Waals surface area contributed by atoms with Crippen molar-refractivity contribution in [2.75, 3.05) is 25.7 Å². The zero-order valence-corrected chi connectivity index (χ0v) is 20.8. The first-order valence-corrected chi connectivity index (χ1v) is 15.5. The quantitative estimate of drug-likeness (QED) is 0.374. The van der Waals surface area contributed by atoms with Crippen LogP contribution in [0.1, 0.15) is 34.6 Å². The molecule has 3 atom stereocenters. The fourth-order valence-corrected chi connectivity index (χ4v) is 4.42. The van der Waals surface area contributed by atoms with Crippen molar-refractivity contribution in [1.29, 1.82) is 0 Å². The van der Waals surface area contributed by atoms with Crippen molar-refractivity contribution in [3.8, 4) is 0 Å². The lowest BCUT2D eigenvalue weighted by atomic mass is 10.1. The van der Waals surface area contributed by atoms with E-state index in [1.165, 1.54) is 0 Å². The SMILES string of the molecule is CC1(C)O[C@@H]([C@H](CO[Si](C)(C)C(C)(C)C)OS(C)(=O)=O)[C@@H](COS(C)(=O)=O)O1. The molecular weight excluding hydrogens is 428 g/mol. The molecule has 0 radical (unpaired) electrons. The van der Waals surface area contributed by atoms with Gasteiger partial charge in [-0.3, -0.25) is 8.37 Å². The molecule has 0 amide bonds. The van der Waals surface area contributed by atoms with Crippen molar-refractivity contribution >= 4 is 28.6 Å². The van der Waals surface area contributed by atoms with Crippen LogP contribution in [-0.2, 0) is 42.5 Å². The lowest BCUT2D eigenvalue weighted by Gasteiger charge is -2.38. The zero-order chi connectivity index (χ0) is 22.2. The monoisotopic (exact) mass is 462 g/mol. The van der Waals surface area contributed by atoms with Crippen LogP contribution >= 0.6 is 0 Å². The van der Waals surface area contributed by atoms with Crippen LogP contribution < -0.4 is 0 Å². The third-order valence-electron chi connectivity index (χ3n) is 4.75. The maximum Gasteiger partial charge on any atom is 0.264 e. The van der Waals surface area contributed by atoms with Gasteiger partial charge in [-0.1, -0.05) is 20.8 Å². The molecule has 168 valence electrons. The summed E-state index contributed by atoms with van der Waals surface area (Å²) in [5.74, 6) is -1.06. The van der Waals surface area contributed by atoms with E-state index in [-0.39, 0.29) is 18.3 Å². The van der Waals surface area contributed by atoms with E-state index in [4.69, 9.17) is 22.3 Å². The molecule has 1 fully saturated rings. The van der Waals surface area contributed by atoms with Crippen molar-refractivity contribution in [3.63, 3.8) is 0 Å². The predicted octanol–water partition coefficient (Wildman–Crippen LogP) is 1.85. The second-order valence-electron chi connectivity index (χ2n) is 9.04. The molecule has 0 bridgehead atoms.